The molecule has 1 fully saturated rings. The van der Waals surface area contributed by atoms with Crippen molar-refractivity contribution in [3.8, 4) is 0 Å². The SMILES string of the molecule is O=C(O)CCNC(=O)CC(=O)N1CCCC(Cc2ccc3c(n2)NCCC3)C1.c1ccncc1. The molecule has 0 aliphatic carbocycles. The Morgan fingerprint density at radius 2 is 1.97 bits per heavy atom. The number of nitrogens with one attached hydrogen (secondary N) is 2. The predicted octanol–water partition coefficient (Wildman–Crippen LogP) is 2.28. The van der Waals surface area contributed by atoms with Crippen LogP contribution in [0.15, 0.2) is 42.7 Å². The molecule has 9 heteroatoms. The number of likely N-dealkylation sites (tertiary alicyclic amines) is 1. The molecule has 34 heavy (non-hydrogen) atoms. The van der Waals surface area contributed by atoms with E-state index in [1.165, 1.54) is 5.56 Å². The fourth-order valence-corrected chi connectivity index (χ4v) is 4.17. The second-order valence-corrected chi connectivity index (χ2v) is 8.59. The number of rotatable bonds is 7. The highest BCUT2D eigenvalue weighted by Crippen LogP contribution is 2.24. The lowest BCUT2D eigenvalue weighted by Gasteiger charge is -2.33. The lowest BCUT2D eigenvalue weighted by Crippen LogP contribution is -2.42. The zero-order valence-electron chi connectivity index (χ0n) is 19.4. The van der Waals surface area contributed by atoms with Gasteiger partial charge in [0, 0.05) is 44.3 Å². The van der Waals surface area contributed by atoms with Gasteiger partial charge < -0.3 is 20.6 Å². The number of aromatic nitrogens is 2. The van der Waals surface area contributed by atoms with Gasteiger partial charge in [-0.05, 0) is 61.8 Å². The van der Waals surface area contributed by atoms with Gasteiger partial charge in [-0.25, -0.2) is 4.98 Å². The topological polar surface area (TPSA) is 125 Å². The maximum Gasteiger partial charge on any atom is 0.305 e. The number of piperidine rings is 1. The predicted molar refractivity (Wildman–Crippen MR) is 128 cm³/mol. The number of carboxylic acids is 1. The minimum atomic E-state index is -0.975. The summed E-state index contributed by atoms with van der Waals surface area (Å²) in [4.78, 5) is 45.0. The summed E-state index contributed by atoms with van der Waals surface area (Å²) < 4.78 is 0. The second kappa shape index (κ2) is 13.3. The Kier molecular flexibility index (Phi) is 9.81. The molecule has 0 saturated carbocycles. The van der Waals surface area contributed by atoms with E-state index in [9.17, 15) is 14.4 Å². The summed E-state index contributed by atoms with van der Waals surface area (Å²) in [6.07, 6.45) is 8.11. The van der Waals surface area contributed by atoms with E-state index in [2.05, 4.69) is 27.8 Å². The molecule has 0 bridgehead atoms. The number of carboxylic acid groups (broad SMARTS) is 1. The number of carbonyl (C=O) groups is 3. The minimum absolute atomic E-state index is 0.0438. The first-order valence-corrected chi connectivity index (χ1v) is 11.8. The fraction of sp³-hybridized carbons (Fsp3) is 0.480. The van der Waals surface area contributed by atoms with Gasteiger partial charge in [0.15, 0.2) is 0 Å². The third-order valence-corrected chi connectivity index (χ3v) is 5.86. The summed E-state index contributed by atoms with van der Waals surface area (Å²) in [5.41, 5.74) is 2.31. The van der Waals surface area contributed by atoms with E-state index in [0.29, 0.717) is 19.0 Å². The average Bonchev–Trinajstić information content (AvgIpc) is 2.85. The van der Waals surface area contributed by atoms with Crippen molar-refractivity contribution < 1.29 is 19.5 Å². The number of hydrogen-bond acceptors (Lipinski definition) is 6. The van der Waals surface area contributed by atoms with Crippen LogP contribution < -0.4 is 10.6 Å². The second-order valence-electron chi connectivity index (χ2n) is 8.59. The van der Waals surface area contributed by atoms with Gasteiger partial charge in [-0.1, -0.05) is 12.1 Å². The molecule has 2 aromatic heterocycles. The van der Waals surface area contributed by atoms with Gasteiger partial charge in [-0.2, -0.15) is 0 Å². The summed E-state index contributed by atoms with van der Waals surface area (Å²) in [6, 6.07) is 9.95. The summed E-state index contributed by atoms with van der Waals surface area (Å²) >= 11 is 0. The normalized spacial score (nSPS) is 16.8. The molecule has 3 N–H and O–H groups in total. The van der Waals surface area contributed by atoms with E-state index in [1.807, 2.05) is 18.2 Å². The third kappa shape index (κ3) is 8.46. The van der Waals surface area contributed by atoms with Crippen LogP contribution in [0, 0.1) is 5.92 Å². The van der Waals surface area contributed by atoms with Gasteiger partial charge >= 0.3 is 5.97 Å². The van der Waals surface area contributed by atoms with Crippen molar-refractivity contribution in [2.75, 3.05) is 31.5 Å². The van der Waals surface area contributed by atoms with Crippen LogP contribution in [0.1, 0.15) is 43.4 Å². The molecule has 4 heterocycles. The Labute approximate surface area is 200 Å². The van der Waals surface area contributed by atoms with Crippen LogP contribution in [-0.2, 0) is 27.2 Å². The Morgan fingerprint density at radius 1 is 1.15 bits per heavy atom. The first-order valence-electron chi connectivity index (χ1n) is 11.8. The van der Waals surface area contributed by atoms with Gasteiger partial charge in [0.1, 0.15) is 12.2 Å². The zero-order valence-corrected chi connectivity index (χ0v) is 19.4. The standard InChI is InChI=1S/C20H28N4O4.C5H5N/c25-17(21-9-7-19(27)28)12-18(26)24-10-2-3-14(13-24)11-16-6-5-15-4-1-8-22-20(15)23-16;1-2-4-6-5-3-1/h5-6,14H,1-4,7-13H2,(H,21,25)(H,22,23)(H,27,28);1-5H. The van der Waals surface area contributed by atoms with E-state index in [4.69, 9.17) is 10.1 Å². The Balaban J connectivity index is 0.000000469. The van der Waals surface area contributed by atoms with Crippen LogP contribution in [0.3, 0.4) is 0 Å². The molecule has 2 aliphatic rings. The molecule has 1 atom stereocenters. The largest absolute Gasteiger partial charge is 0.481 e. The van der Waals surface area contributed by atoms with Gasteiger partial charge in [0.25, 0.3) is 0 Å². The highest BCUT2D eigenvalue weighted by atomic mass is 16.4. The van der Waals surface area contributed by atoms with Crippen LogP contribution in [0.25, 0.3) is 0 Å². The number of amides is 2. The van der Waals surface area contributed by atoms with E-state index < -0.39 is 11.9 Å². The number of fused-ring (bicyclic) bond motifs is 1. The Bertz CT molecular complexity index is 927. The molecule has 2 amide bonds. The van der Waals surface area contributed by atoms with Gasteiger partial charge in [-0.15, -0.1) is 0 Å². The number of pyridine rings is 2. The number of aryl methyl sites for hydroxylation is 1. The van der Waals surface area contributed by atoms with Crippen LogP contribution in [0.2, 0.25) is 0 Å². The zero-order chi connectivity index (χ0) is 24.2. The number of nitrogens with zero attached hydrogens (tertiary/aromatic N) is 3. The monoisotopic (exact) mass is 467 g/mol. The van der Waals surface area contributed by atoms with E-state index in [0.717, 1.165) is 50.2 Å². The smallest absolute Gasteiger partial charge is 0.305 e. The van der Waals surface area contributed by atoms with E-state index in [-0.39, 0.29) is 25.3 Å². The maximum absolute atomic E-state index is 12.4. The molecule has 0 radical (unpaired) electrons. The third-order valence-electron chi connectivity index (χ3n) is 5.86. The van der Waals surface area contributed by atoms with Crippen molar-refractivity contribution in [1.82, 2.24) is 20.2 Å². The lowest BCUT2D eigenvalue weighted by molar-refractivity contribution is -0.137. The fourth-order valence-electron chi connectivity index (χ4n) is 4.17. The molecular weight excluding hydrogens is 434 g/mol. The van der Waals surface area contributed by atoms with Crippen LogP contribution in [0.5, 0.6) is 0 Å². The molecule has 2 aromatic rings. The number of hydrogen-bond donors (Lipinski definition) is 3. The number of aliphatic carboxylic acids is 1. The van der Waals surface area contributed by atoms with Crippen LogP contribution in [0.4, 0.5) is 5.82 Å². The molecule has 1 saturated heterocycles. The van der Waals surface area contributed by atoms with Gasteiger partial charge in [-0.3, -0.25) is 19.4 Å². The van der Waals surface area contributed by atoms with Crippen molar-refractivity contribution in [3.63, 3.8) is 0 Å². The number of carbonyl (C=O) groups excluding carboxylic acids is 2. The summed E-state index contributed by atoms with van der Waals surface area (Å²) in [7, 11) is 0. The first-order chi connectivity index (χ1) is 16.5. The lowest BCUT2D eigenvalue weighted by atomic mass is 9.92. The minimum Gasteiger partial charge on any atom is -0.481 e. The van der Waals surface area contributed by atoms with E-state index >= 15 is 0 Å². The van der Waals surface area contributed by atoms with Gasteiger partial charge in [0.2, 0.25) is 11.8 Å². The molecule has 0 aromatic carbocycles. The van der Waals surface area contributed by atoms with Crippen molar-refractivity contribution in [2.45, 2.75) is 44.9 Å². The van der Waals surface area contributed by atoms with Gasteiger partial charge in [0.05, 0.1) is 6.42 Å². The quantitative estimate of drug-likeness (QED) is 0.534. The maximum atomic E-state index is 12.4. The molecular formula is C25H33N5O4. The Morgan fingerprint density at radius 3 is 2.68 bits per heavy atom. The van der Waals surface area contributed by atoms with Crippen molar-refractivity contribution in [1.29, 1.82) is 0 Å². The highest BCUT2D eigenvalue weighted by Gasteiger charge is 2.25. The molecule has 9 nitrogen and oxygen atoms in total. The van der Waals surface area contributed by atoms with E-state index in [1.54, 1.807) is 17.3 Å². The molecule has 2 aliphatic heterocycles. The first kappa shape index (κ1) is 25.1. The summed E-state index contributed by atoms with van der Waals surface area (Å²) in [5.74, 6) is -0.266. The molecule has 1 unspecified atom stereocenters. The molecule has 182 valence electrons. The summed E-state index contributed by atoms with van der Waals surface area (Å²) in [5, 5.41) is 14.4. The van der Waals surface area contributed by atoms with Crippen LogP contribution in [-0.4, -0.2) is 63.9 Å². The molecule has 4 rings (SSSR count). The number of anilines is 1. The van der Waals surface area contributed by atoms with Crippen molar-refractivity contribution in [2.24, 2.45) is 5.92 Å². The highest BCUT2D eigenvalue weighted by molar-refractivity contribution is 5.97. The van der Waals surface area contributed by atoms with Crippen LogP contribution >= 0.6 is 0 Å². The van der Waals surface area contributed by atoms with Crippen molar-refractivity contribution in [3.05, 3.63) is 54.0 Å². The molecule has 0 spiro atoms. The van der Waals surface area contributed by atoms with Crippen molar-refractivity contribution >= 4 is 23.6 Å². The average molecular weight is 468 g/mol. The summed E-state index contributed by atoms with van der Waals surface area (Å²) in [6.45, 7) is 2.30. The Hall–Kier alpha value is -3.49.